The lowest BCUT2D eigenvalue weighted by Crippen LogP contribution is -2.06. The highest BCUT2D eigenvalue weighted by Crippen LogP contribution is 2.29. The fourth-order valence-corrected chi connectivity index (χ4v) is 2.19. The first-order chi connectivity index (χ1) is 9.90. The van der Waals surface area contributed by atoms with Crippen molar-refractivity contribution in [2.24, 2.45) is 0 Å². The topological polar surface area (TPSA) is 20.2 Å². The van der Waals surface area contributed by atoms with Gasteiger partial charge in [0, 0.05) is 6.42 Å². The predicted octanol–water partition coefficient (Wildman–Crippen LogP) is 4.54. The Kier molecular flexibility index (Phi) is 4.68. The average molecular weight is 294 g/mol. The van der Waals surface area contributed by atoms with Crippen LogP contribution in [0.25, 0.3) is 0 Å². The third kappa shape index (κ3) is 4.08. The molecule has 112 valence electrons. The van der Waals surface area contributed by atoms with Crippen molar-refractivity contribution in [1.29, 1.82) is 0 Å². The Morgan fingerprint density at radius 1 is 1.00 bits per heavy atom. The van der Waals surface area contributed by atoms with Crippen LogP contribution in [0.5, 0.6) is 0 Å². The van der Waals surface area contributed by atoms with Crippen LogP contribution >= 0.6 is 0 Å². The molecule has 0 spiro atoms. The summed E-state index contributed by atoms with van der Waals surface area (Å²) in [6.45, 7) is 2.03. The molecule has 2 rings (SSSR count). The fourth-order valence-electron chi connectivity index (χ4n) is 2.19. The number of rotatable bonds is 4. The molecule has 1 N–H and O–H groups in total. The van der Waals surface area contributed by atoms with E-state index in [1.54, 1.807) is 0 Å². The van der Waals surface area contributed by atoms with Gasteiger partial charge >= 0.3 is 6.18 Å². The summed E-state index contributed by atoms with van der Waals surface area (Å²) in [5.74, 6) is 0. The number of halogens is 3. The first-order valence-corrected chi connectivity index (χ1v) is 6.83. The Morgan fingerprint density at radius 3 is 2.24 bits per heavy atom. The van der Waals surface area contributed by atoms with Crippen molar-refractivity contribution < 1.29 is 18.3 Å². The highest BCUT2D eigenvalue weighted by Gasteiger charge is 2.29. The number of hydrogen-bond acceptors (Lipinski definition) is 1. The van der Waals surface area contributed by atoms with Crippen LogP contribution in [0.1, 0.15) is 35.3 Å². The second kappa shape index (κ2) is 6.31. The number of aryl methyl sites for hydroxylation is 1. The number of aliphatic hydroxyl groups excluding tert-OH is 1. The van der Waals surface area contributed by atoms with E-state index >= 15 is 0 Å². The van der Waals surface area contributed by atoms with Crippen LogP contribution in [0.2, 0.25) is 0 Å². The molecule has 0 saturated carbocycles. The maximum atomic E-state index is 12.5. The highest BCUT2D eigenvalue weighted by molar-refractivity contribution is 5.29. The van der Waals surface area contributed by atoms with E-state index in [-0.39, 0.29) is 0 Å². The third-order valence-electron chi connectivity index (χ3n) is 3.45. The number of hydrogen-bond donors (Lipinski definition) is 1. The van der Waals surface area contributed by atoms with Crippen LogP contribution in [-0.4, -0.2) is 5.11 Å². The van der Waals surface area contributed by atoms with Gasteiger partial charge in [0.05, 0.1) is 11.7 Å². The molecule has 2 aromatic rings. The van der Waals surface area contributed by atoms with Crippen molar-refractivity contribution in [3.8, 4) is 0 Å². The minimum absolute atomic E-state index is 0.297. The summed E-state index contributed by atoms with van der Waals surface area (Å²) in [4.78, 5) is 0. The minimum Gasteiger partial charge on any atom is -0.388 e. The average Bonchev–Trinajstić information content (AvgIpc) is 2.47. The van der Waals surface area contributed by atoms with Gasteiger partial charge in [-0.25, -0.2) is 0 Å². The van der Waals surface area contributed by atoms with E-state index in [0.29, 0.717) is 12.0 Å². The lowest BCUT2D eigenvalue weighted by atomic mass is 9.98. The van der Waals surface area contributed by atoms with Crippen LogP contribution < -0.4 is 0 Å². The molecule has 0 radical (unpaired) electrons. The van der Waals surface area contributed by atoms with E-state index in [2.05, 4.69) is 0 Å². The summed E-state index contributed by atoms with van der Waals surface area (Å²) in [6, 6.07) is 12.5. The molecule has 0 aliphatic carbocycles. The van der Waals surface area contributed by atoms with Crippen LogP contribution in [0.3, 0.4) is 0 Å². The molecule has 21 heavy (non-hydrogen) atoms. The summed E-state index contributed by atoms with van der Waals surface area (Å²) < 4.78 is 37.4. The maximum absolute atomic E-state index is 12.5. The van der Waals surface area contributed by atoms with Gasteiger partial charge in [-0.15, -0.1) is 0 Å². The van der Waals surface area contributed by atoms with Crippen molar-refractivity contribution in [3.63, 3.8) is 0 Å². The van der Waals surface area contributed by atoms with E-state index < -0.39 is 17.8 Å². The number of alkyl halides is 3. The largest absolute Gasteiger partial charge is 0.416 e. The molecule has 0 bridgehead atoms. The van der Waals surface area contributed by atoms with Crippen LogP contribution in [-0.2, 0) is 19.0 Å². The Morgan fingerprint density at radius 2 is 1.67 bits per heavy atom. The SMILES string of the molecule is CCc1cccc(C(O)Cc2ccc(C(F)(F)F)cc2)c1. The van der Waals surface area contributed by atoms with Gasteiger partial charge in [0.2, 0.25) is 0 Å². The quantitative estimate of drug-likeness (QED) is 0.877. The molecule has 1 unspecified atom stereocenters. The van der Waals surface area contributed by atoms with E-state index in [1.165, 1.54) is 12.1 Å². The second-order valence-corrected chi connectivity index (χ2v) is 5.01. The third-order valence-corrected chi connectivity index (χ3v) is 3.45. The number of benzene rings is 2. The number of aliphatic hydroxyl groups is 1. The summed E-state index contributed by atoms with van der Waals surface area (Å²) in [7, 11) is 0. The molecule has 0 aromatic heterocycles. The lowest BCUT2D eigenvalue weighted by molar-refractivity contribution is -0.137. The summed E-state index contributed by atoms with van der Waals surface area (Å²) >= 11 is 0. The zero-order valence-electron chi connectivity index (χ0n) is 11.7. The molecule has 0 amide bonds. The van der Waals surface area contributed by atoms with Crippen LogP contribution in [0, 0.1) is 0 Å². The molecular formula is C17H17F3O. The van der Waals surface area contributed by atoms with E-state index in [0.717, 1.165) is 29.7 Å². The van der Waals surface area contributed by atoms with E-state index in [9.17, 15) is 18.3 Å². The first-order valence-electron chi connectivity index (χ1n) is 6.83. The van der Waals surface area contributed by atoms with Gasteiger partial charge in [-0.3, -0.25) is 0 Å². The summed E-state index contributed by atoms with van der Waals surface area (Å²) in [6.07, 6.45) is -3.87. The molecule has 0 heterocycles. The normalized spacial score (nSPS) is 13.2. The maximum Gasteiger partial charge on any atom is 0.416 e. The van der Waals surface area contributed by atoms with E-state index in [4.69, 9.17) is 0 Å². The van der Waals surface area contributed by atoms with Gasteiger partial charge in [0.1, 0.15) is 0 Å². The smallest absolute Gasteiger partial charge is 0.388 e. The highest BCUT2D eigenvalue weighted by atomic mass is 19.4. The van der Waals surface area contributed by atoms with Crippen molar-refractivity contribution in [1.82, 2.24) is 0 Å². The molecule has 2 aromatic carbocycles. The lowest BCUT2D eigenvalue weighted by Gasteiger charge is -2.13. The van der Waals surface area contributed by atoms with Gasteiger partial charge in [-0.1, -0.05) is 43.3 Å². The van der Waals surface area contributed by atoms with Crippen molar-refractivity contribution in [2.75, 3.05) is 0 Å². The fraction of sp³-hybridized carbons (Fsp3) is 0.294. The second-order valence-electron chi connectivity index (χ2n) is 5.01. The Hall–Kier alpha value is -1.81. The minimum atomic E-state index is -4.33. The van der Waals surface area contributed by atoms with Crippen molar-refractivity contribution in [2.45, 2.75) is 32.0 Å². The standard InChI is InChI=1S/C17H17F3O/c1-2-12-4-3-5-14(10-12)16(21)11-13-6-8-15(9-7-13)17(18,19)20/h3-10,16,21H,2,11H2,1H3. The first kappa shape index (κ1) is 15.6. The van der Waals surface area contributed by atoms with Gasteiger partial charge in [-0.2, -0.15) is 13.2 Å². The van der Waals surface area contributed by atoms with Gasteiger partial charge in [-0.05, 0) is 35.2 Å². The molecular weight excluding hydrogens is 277 g/mol. The van der Waals surface area contributed by atoms with Gasteiger partial charge in [0.25, 0.3) is 0 Å². The van der Waals surface area contributed by atoms with Crippen LogP contribution in [0.15, 0.2) is 48.5 Å². The molecule has 0 aliphatic rings. The molecule has 0 fully saturated rings. The van der Waals surface area contributed by atoms with Crippen LogP contribution in [0.4, 0.5) is 13.2 Å². The Labute approximate surface area is 122 Å². The zero-order valence-corrected chi connectivity index (χ0v) is 11.7. The van der Waals surface area contributed by atoms with E-state index in [1.807, 2.05) is 31.2 Å². The van der Waals surface area contributed by atoms with Gasteiger partial charge in [0.15, 0.2) is 0 Å². The monoisotopic (exact) mass is 294 g/mol. The molecule has 1 nitrogen and oxygen atoms in total. The van der Waals surface area contributed by atoms with Crippen molar-refractivity contribution >= 4 is 0 Å². The molecule has 1 atom stereocenters. The zero-order chi connectivity index (χ0) is 15.5. The predicted molar refractivity (Wildman–Crippen MR) is 75.9 cm³/mol. The summed E-state index contributed by atoms with van der Waals surface area (Å²) in [5, 5.41) is 10.2. The Bertz CT molecular complexity index is 588. The molecule has 0 saturated heterocycles. The molecule has 0 aliphatic heterocycles. The van der Waals surface area contributed by atoms with Crippen molar-refractivity contribution in [3.05, 3.63) is 70.8 Å². The molecule has 4 heteroatoms. The van der Waals surface area contributed by atoms with Gasteiger partial charge < -0.3 is 5.11 Å². The summed E-state index contributed by atoms with van der Waals surface area (Å²) in [5.41, 5.74) is 1.92. The Balaban J connectivity index is 2.10.